The van der Waals surface area contributed by atoms with Crippen LogP contribution in [0.3, 0.4) is 0 Å². The minimum absolute atomic E-state index is 0.338. The second-order valence-electron chi connectivity index (χ2n) is 4.10. The van der Waals surface area contributed by atoms with Gasteiger partial charge in [-0.3, -0.25) is 9.38 Å². The molecule has 1 rings (SSSR count). The van der Waals surface area contributed by atoms with Crippen LogP contribution in [0, 0.1) is 5.82 Å². The smallest absolute Gasteiger partial charge is 0.128 e. The molecule has 1 unspecified atom stereocenters. The van der Waals surface area contributed by atoms with E-state index in [-0.39, 0.29) is 5.82 Å². The molecule has 0 amide bonds. The molecular formula is C13H19F2N3. The number of hydrogen-bond acceptors (Lipinski definition) is 2. The zero-order valence-electron chi connectivity index (χ0n) is 10.7. The molecule has 3 N–H and O–H groups in total. The number of nitrogens with zero attached hydrogens (tertiary/aromatic N) is 1. The first kappa shape index (κ1) is 14.4. The third kappa shape index (κ3) is 3.98. The second-order valence-corrected chi connectivity index (χ2v) is 4.10. The first-order chi connectivity index (χ1) is 8.58. The molecule has 3 nitrogen and oxygen atoms in total. The van der Waals surface area contributed by atoms with Crippen LogP contribution in [0.15, 0.2) is 23.2 Å². The summed E-state index contributed by atoms with van der Waals surface area (Å²) < 4.78 is 26.1. The van der Waals surface area contributed by atoms with Gasteiger partial charge in [0.2, 0.25) is 0 Å². The van der Waals surface area contributed by atoms with Crippen molar-refractivity contribution >= 4 is 11.5 Å². The highest BCUT2D eigenvalue weighted by atomic mass is 19.1. The number of rotatable bonds is 6. The van der Waals surface area contributed by atoms with Crippen LogP contribution in [0.5, 0.6) is 0 Å². The van der Waals surface area contributed by atoms with Crippen LogP contribution >= 0.6 is 0 Å². The summed E-state index contributed by atoms with van der Waals surface area (Å²) in [6.45, 7) is 1.20. The van der Waals surface area contributed by atoms with Gasteiger partial charge in [-0.15, -0.1) is 0 Å². The molecule has 0 fully saturated rings. The van der Waals surface area contributed by atoms with Gasteiger partial charge in [-0.1, -0.05) is 0 Å². The van der Waals surface area contributed by atoms with Gasteiger partial charge in [-0.2, -0.15) is 0 Å². The fourth-order valence-corrected chi connectivity index (χ4v) is 1.76. The van der Waals surface area contributed by atoms with Crippen molar-refractivity contribution in [2.45, 2.75) is 25.8 Å². The van der Waals surface area contributed by atoms with E-state index in [0.717, 1.165) is 5.69 Å². The Morgan fingerprint density at radius 1 is 1.50 bits per heavy atom. The molecule has 1 aromatic rings. The summed E-state index contributed by atoms with van der Waals surface area (Å²) in [4.78, 5) is 4.18. The molecule has 0 saturated heterocycles. The Balaban J connectivity index is 3.06. The van der Waals surface area contributed by atoms with Gasteiger partial charge < -0.3 is 11.1 Å². The lowest BCUT2D eigenvalue weighted by molar-refractivity contribution is 0.440. The van der Waals surface area contributed by atoms with Crippen molar-refractivity contribution in [1.29, 1.82) is 0 Å². The molecule has 1 atom stereocenters. The average molecular weight is 255 g/mol. The SMILES string of the molecule is CNc1ccc(F)c(C(CCCF)N=C(C)N)c1. The summed E-state index contributed by atoms with van der Waals surface area (Å²) in [6, 6.07) is 4.28. The molecule has 0 heterocycles. The maximum absolute atomic E-state index is 13.8. The third-order valence-electron chi connectivity index (χ3n) is 2.61. The fourth-order valence-electron chi connectivity index (χ4n) is 1.76. The minimum atomic E-state index is -0.441. The van der Waals surface area contributed by atoms with E-state index >= 15 is 0 Å². The van der Waals surface area contributed by atoms with Gasteiger partial charge in [0.25, 0.3) is 0 Å². The van der Waals surface area contributed by atoms with E-state index in [9.17, 15) is 8.78 Å². The molecule has 0 bridgehead atoms. The largest absolute Gasteiger partial charge is 0.388 e. The topological polar surface area (TPSA) is 50.4 Å². The molecule has 0 aliphatic rings. The molecule has 18 heavy (non-hydrogen) atoms. The van der Waals surface area contributed by atoms with Crippen molar-refractivity contribution in [2.24, 2.45) is 10.7 Å². The summed E-state index contributed by atoms with van der Waals surface area (Å²) in [5.41, 5.74) is 6.78. The highest BCUT2D eigenvalue weighted by Gasteiger charge is 2.15. The molecule has 0 aliphatic carbocycles. The normalized spacial score (nSPS) is 13.4. The summed E-state index contributed by atoms with van der Waals surface area (Å²) in [7, 11) is 1.75. The van der Waals surface area contributed by atoms with Crippen molar-refractivity contribution in [1.82, 2.24) is 0 Å². The maximum Gasteiger partial charge on any atom is 0.128 e. The third-order valence-corrected chi connectivity index (χ3v) is 2.61. The van der Waals surface area contributed by atoms with Crippen LogP contribution in [0.4, 0.5) is 14.5 Å². The second kappa shape index (κ2) is 6.93. The van der Waals surface area contributed by atoms with E-state index in [1.54, 1.807) is 26.1 Å². The monoisotopic (exact) mass is 255 g/mol. The number of amidine groups is 1. The average Bonchev–Trinajstić information content (AvgIpc) is 2.35. The maximum atomic E-state index is 13.8. The lowest BCUT2D eigenvalue weighted by Gasteiger charge is -2.15. The Hall–Kier alpha value is -1.65. The Morgan fingerprint density at radius 3 is 2.78 bits per heavy atom. The van der Waals surface area contributed by atoms with E-state index in [2.05, 4.69) is 10.3 Å². The van der Waals surface area contributed by atoms with Crippen LogP contribution in [0.2, 0.25) is 0 Å². The number of halogens is 2. The molecule has 1 aromatic carbocycles. The Kier molecular flexibility index (Phi) is 5.55. The molecule has 5 heteroatoms. The quantitative estimate of drug-likeness (QED) is 0.606. The van der Waals surface area contributed by atoms with Crippen LogP contribution in [0.25, 0.3) is 0 Å². The van der Waals surface area contributed by atoms with Crippen LogP contribution in [-0.2, 0) is 0 Å². The molecule has 0 aliphatic heterocycles. The predicted octanol–water partition coefficient (Wildman–Crippen LogP) is 3.04. The Morgan fingerprint density at radius 2 is 2.22 bits per heavy atom. The molecule has 0 aromatic heterocycles. The standard InChI is InChI=1S/C13H19F2N3/c1-9(16)18-13(4-3-7-14)11-8-10(17-2)5-6-12(11)15/h5-6,8,13,17H,3-4,7H2,1-2H3,(H2,16,18). The summed E-state index contributed by atoms with van der Waals surface area (Å²) in [5.74, 6) is 0.0241. The van der Waals surface area contributed by atoms with Gasteiger partial charge in [-0.25, -0.2) is 4.39 Å². The molecular weight excluding hydrogens is 236 g/mol. The van der Waals surface area contributed by atoms with Crippen LogP contribution in [0.1, 0.15) is 31.4 Å². The van der Waals surface area contributed by atoms with Gasteiger partial charge in [0.1, 0.15) is 5.82 Å². The van der Waals surface area contributed by atoms with Gasteiger partial charge in [-0.05, 0) is 38.0 Å². The minimum Gasteiger partial charge on any atom is -0.388 e. The van der Waals surface area contributed by atoms with Crippen molar-refractivity contribution in [3.8, 4) is 0 Å². The molecule has 0 spiro atoms. The van der Waals surface area contributed by atoms with Crippen molar-refractivity contribution < 1.29 is 8.78 Å². The van der Waals surface area contributed by atoms with E-state index in [1.165, 1.54) is 6.07 Å². The first-order valence-electron chi connectivity index (χ1n) is 5.91. The summed E-state index contributed by atoms with van der Waals surface area (Å²) >= 11 is 0. The fraction of sp³-hybridized carbons (Fsp3) is 0.462. The molecule has 0 saturated carbocycles. The number of nitrogens with one attached hydrogen (secondary N) is 1. The number of anilines is 1. The summed E-state index contributed by atoms with van der Waals surface area (Å²) in [6.07, 6.45) is 0.778. The van der Waals surface area contributed by atoms with E-state index in [0.29, 0.717) is 24.2 Å². The van der Waals surface area contributed by atoms with E-state index in [1.807, 2.05) is 0 Å². The number of nitrogens with two attached hydrogens (primary N) is 1. The van der Waals surface area contributed by atoms with Crippen molar-refractivity contribution in [2.75, 3.05) is 19.0 Å². The highest BCUT2D eigenvalue weighted by Crippen LogP contribution is 2.28. The highest BCUT2D eigenvalue weighted by molar-refractivity contribution is 5.77. The lowest BCUT2D eigenvalue weighted by atomic mass is 10.0. The number of hydrogen-bond donors (Lipinski definition) is 2. The number of aliphatic imine (C=N–C) groups is 1. The lowest BCUT2D eigenvalue weighted by Crippen LogP contribution is -2.10. The zero-order chi connectivity index (χ0) is 13.5. The van der Waals surface area contributed by atoms with Crippen molar-refractivity contribution in [3.05, 3.63) is 29.6 Å². The first-order valence-corrected chi connectivity index (χ1v) is 5.91. The van der Waals surface area contributed by atoms with Gasteiger partial charge in [0.15, 0.2) is 0 Å². The van der Waals surface area contributed by atoms with Crippen LogP contribution < -0.4 is 11.1 Å². The summed E-state index contributed by atoms with van der Waals surface area (Å²) in [5, 5.41) is 2.94. The van der Waals surface area contributed by atoms with Gasteiger partial charge in [0.05, 0.1) is 18.6 Å². The number of alkyl halides is 1. The van der Waals surface area contributed by atoms with Gasteiger partial charge in [0, 0.05) is 18.3 Å². The zero-order valence-corrected chi connectivity index (χ0v) is 10.7. The Bertz CT molecular complexity index is 415. The Labute approximate surface area is 106 Å². The number of benzene rings is 1. The van der Waals surface area contributed by atoms with Crippen molar-refractivity contribution in [3.63, 3.8) is 0 Å². The predicted molar refractivity (Wildman–Crippen MR) is 71.2 cm³/mol. The van der Waals surface area contributed by atoms with E-state index < -0.39 is 12.7 Å². The van der Waals surface area contributed by atoms with Crippen LogP contribution in [-0.4, -0.2) is 19.6 Å². The molecule has 100 valence electrons. The van der Waals surface area contributed by atoms with Gasteiger partial charge >= 0.3 is 0 Å². The van der Waals surface area contributed by atoms with E-state index in [4.69, 9.17) is 5.73 Å². The molecule has 0 radical (unpaired) electrons.